The van der Waals surface area contributed by atoms with E-state index in [1.807, 2.05) is 6.07 Å². The fourth-order valence-electron chi connectivity index (χ4n) is 1.69. The first kappa shape index (κ1) is 9.97. The van der Waals surface area contributed by atoms with Gasteiger partial charge in [0.1, 0.15) is 4.34 Å². The van der Waals surface area contributed by atoms with E-state index in [-0.39, 0.29) is 12.0 Å². The summed E-state index contributed by atoms with van der Waals surface area (Å²) in [5, 5.41) is 9.34. The molecule has 1 fully saturated rings. The number of thiophene rings is 1. The number of hydrogen-bond donors (Lipinski definition) is 1. The first-order valence-electron chi connectivity index (χ1n) is 4.24. The van der Waals surface area contributed by atoms with E-state index in [2.05, 4.69) is 15.9 Å². The molecule has 1 aliphatic rings. The molecule has 0 amide bonds. The lowest BCUT2D eigenvalue weighted by Crippen LogP contribution is -2.36. The highest BCUT2D eigenvalue weighted by Gasteiger charge is 2.39. The Kier molecular flexibility index (Phi) is 2.71. The Bertz CT molecular complexity index is 294. The number of hydrogen-bond acceptors (Lipinski definition) is 2. The minimum absolute atomic E-state index is 0.0281. The van der Waals surface area contributed by atoms with Gasteiger partial charge in [-0.15, -0.1) is 11.3 Å². The second kappa shape index (κ2) is 3.54. The Hall–Kier alpha value is 0.430. The Morgan fingerprint density at radius 2 is 2.31 bits per heavy atom. The molecule has 72 valence electrons. The zero-order chi connectivity index (χ0) is 9.47. The normalized spacial score (nSPS) is 19.9. The monoisotopic (exact) mass is 280 g/mol. The highest BCUT2D eigenvalue weighted by Crippen LogP contribution is 2.48. The maximum Gasteiger partial charge on any atom is 0.107 e. The van der Waals surface area contributed by atoms with E-state index in [4.69, 9.17) is 11.6 Å². The van der Waals surface area contributed by atoms with Crippen molar-refractivity contribution in [2.45, 2.75) is 24.7 Å². The minimum Gasteiger partial charge on any atom is -0.395 e. The SMILES string of the molecule is OCC1(c2cc(Br)c(Cl)s2)CCC1. The van der Waals surface area contributed by atoms with Crippen LogP contribution in [-0.4, -0.2) is 11.7 Å². The van der Waals surface area contributed by atoms with Gasteiger partial charge in [-0.3, -0.25) is 0 Å². The summed E-state index contributed by atoms with van der Waals surface area (Å²) in [6.07, 6.45) is 3.40. The van der Waals surface area contributed by atoms with Crippen molar-refractivity contribution in [1.29, 1.82) is 0 Å². The van der Waals surface area contributed by atoms with Crippen LogP contribution in [0.1, 0.15) is 24.1 Å². The van der Waals surface area contributed by atoms with Crippen LogP contribution in [0.3, 0.4) is 0 Å². The van der Waals surface area contributed by atoms with Crippen LogP contribution in [0.2, 0.25) is 4.34 Å². The first-order valence-corrected chi connectivity index (χ1v) is 6.23. The van der Waals surface area contributed by atoms with Gasteiger partial charge >= 0.3 is 0 Å². The molecule has 4 heteroatoms. The molecule has 0 unspecified atom stereocenters. The molecule has 1 aromatic heterocycles. The van der Waals surface area contributed by atoms with Crippen LogP contribution in [0, 0.1) is 0 Å². The fraction of sp³-hybridized carbons (Fsp3) is 0.556. The van der Waals surface area contributed by atoms with Gasteiger partial charge in [0.2, 0.25) is 0 Å². The summed E-state index contributed by atoms with van der Waals surface area (Å²) in [6, 6.07) is 2.04. The molecule has 1 saturated carbocycles. The zero-order valence-electron chi connectivity index (χ0n) is 7.02. The number of aliphatic hydroxyl groups excluding tert-OH is 1. The molecule has 0 aromatic carbocycles. The van der Waals surface area contributed by atoms with Crippen molar-refractivity contribution in [3.05, 3.63) is 19.8 Å². The van der Waals surface area contributed by atoms with E-state index in [0.29, 0.717) is 0 Å². The molecule has 0 saturated heterocycles. The smallest absolute Gasteiger partial charge is 0.107 e. The van der Waals surface area contributed by atoms with Gasteiger partial charge in [0, 0.05) is 14.8 Å². The van der Waals surface area contributed by atoms with Crippen molar-refractivity contribution < 1.29 is 5.11 Å². The molecule has 1 aromatic rings. The Morgan fingerprint density at radius 3 is 2.62 bits per heavy atom. The highest BCUT2D eigenvalue weighted by atomic mass is 79.9. The Labute approximate surface area is 94.9 Å². The van der Waals surface area contributed by atoms with Crippen molar-refractivity contribution in [1.82, 2.24) is 0 Å². The average molecular weight is 282 g/mol. The number of aliphatic hydroxyl groups is 1. The minimum atomic E-state index is 0.0281. The van der Waals surface area contributed by atoms with E-state index in [1.165, 1.54) is 11.3 Å². The zero-order valence-corrected chi connectivity index (χ0v) is 10.2. The second-order valence-electron chi connectivity index (χ2n) is 3.52. The van der Waals surface area contributed by atoms with E-state index in [0.717, 1.165) is 21.7 Å². The molecule has 0 radical (unpaired) electrons. The van der Waals surface area contributed by atoms with Crippen LogP contribution < -0.4 is 0 Å². The molecule has 2 rings (SSSR count). The van der Waals surface area contributed by atoms with Crippen molar-refractivity contribution in [2.24, 2.45) is 0 Å². The summed E-state index contributed by atoms with van der Waals surface area (Å²) >= 11 is 10.9. The quantitative estimate of drug-likeness (QED) is 0.878. The molecule has 1 aliphatic carbocycles. The molecule has 13 heavy (non-hydrogen) atoms. The van der Waals surface area contributed by atoms with E-state index in [1.54, 1.807) is 11.3 Å². The highest BCUT2D eigenvalue weighted by molar-refractivity contribution is 9.10. The van der Waals surface area contributed by atoms with Gasteiger partial charge in [-0.25, -0.2) is 0 Å². The lowest BCUT2D eigenvalue weighted by molar-refractivity contribution is 0.123. The summed E-state index contributed by atoms with van der Waals surface area (Å²) in [7, 11) is 0. The molecule has 0 atom stereocenters. The summed E-state index contributed by atoms with van der Waals surface area (Å²) in [5.41, 5.74) is 0.0281. The largest absolute Gasteiger partial charge is 0.395 e. The van der Waals surface area contributed by atoms with Crippen molar-refractivity contribution >= 4 is 38.9 Å². The maximum absolute atomic E-state index is 9.34. The molecular weight excluding hydrogens is 272 g/mol. The standard InChI is InChI=1S/C9H10BrClOS/c10-6-4-7(13-8(6)11)9(5-12)2-1-3-9/h4,12H,1-3,5H2. The Morgan fingerprint density at radius 1 is 1.62 bits per heavy atom. The summed E-state index contributed by atoms with van der Waals surface area (Å²) in [5.74, 6) is 0. The third kappa shape index (κ3) is 1.56. The van der Waals surface area contributed by atoms with Gasteiger partial charge in [0.25, 0.3) is 0 Å². The fourth-order valence-corrected chi connectivity index (χ4v) is 3.63. The molecular formula is C9H10BrClOS. The number of rotatable bonds is 2. The van der Waals surface area contributed by atoms with Crippen LogP contribution in [0.5, 0.6) is 0 Å². The maximum atomic E-state index is 9.34. The predicted molar refractivity (Wildman–Crippen MR) is 59.6 cm³/mol. The van der Waals surface area contributed by atoms with Crippen molar-refractivity contribution in [2.75, 3.05) is 6.61 Å². The van der Waals surface area contributed by atoms with Gasteiger partial charge in [-0.05, 0) is 34.8 Å². The van der Waals surface area contributed by atoms with Crippen LogP contribution in [0.4, 0.5) is 0 Å². The third-order valence-corrected chi connectivity index (χ3v) is 5.50. The first-order chi connectivity index (χ1) is 6.18. The lowest BCUT2D eigenvalue weighted by Gasteiger charge is -2.39. The van der Waals surface area contributed by atoms with Crippen LogP contribution in [-0.2, 0) is 5.41 Å². The molecule has 1 heterocycles. The lowest BCUT2D eigenvalue weighted by atomic mass is 9.68. The van der Waals surface area contributed by atoms with Crippen LogP contribution in [0.15, 0.2) is 10.5 Å². The van der Waals surface area contributed by atoms with Gasteiger partial charge in [0.15, 0.2) is 0 Å². The predicted octanol–water partition coefficient (Wildman–Crippen LogP) is 3.58. The third-order valence-electron chi connectivity index (χ3n) is 2.78. The number of halogens is 2. The molecule has 0 bridgehead atoms. The summed E-state index contributed by atoms with van der Waals surface area (Å²) in [6.45, 7) is 0.246. The van der Waals surface area contributed by atoms with E-state index in [9.17, 15) is 5.11 Å². The molecule has 1 nitrogen and oxygen atoms in total. The Balaban J connectivity index is 2.33. The van der Waals surface area contributed by atoms with Gasteiger partial charge in [0.05, 0.1) is 6.61 Å². The average Bonchev–Trinajstić information content (AvgIpc) is 2.31. The van der Waals surface area contributed by atoms with E-state index >= 15 is 0 Å². The summed E-state index contributed by atoms with van der Waals surface area (Å²) in [4.78, 5) is 1.22. The van der Waals surface area contributed by atoms with Crippen molar-refractivity contribution in [3.63, 3.8) is 0 Å². The molecule has 1 N–H and O–H groups in total. The van der Waals surface area contributed by atoms with E-state index < -0.39 is 0 Å². The van der Waals surface area contributed by atoms with Crippen LogP contribution in [0.25, 0.3) is 0 Å². The van der Waals surface area contributed by atoms with Gasteiger partial charge in [-0.1, -0.05) is 18.0 Å². The van der Waals surface area contributed by atoms with Gasteiger partial charge < -0.3 is 5.11 Å². The summed E-state index contributed by atoms with van der Waals surface area (Å²) < 4.78 is 1.74. The van der Waals surface area contributed by atoms with Gasteiger partial charge in [-0.2, -0.15) is 0 Å². The van der Waals surface area contributed by atoms with Crippen molar-refractivity contribution in [3.8, 4) is 0 Å². The molecule has 0 spiro atoms. The van der Waals surface area contributed by atoms with Crippen LogP contribution >= 0.6 is 38.9 Å². The topological polar surface area (TPSA) is 20.2 Å². The molecule has 0 aliphatic heterocycles. The second-order valence-corrected chi connectivity index (χ2v) is 6.03.